The summed E-state index contributed by atoms with van der Waals surface area (Å²) in [4.78, 5) is 45.4. The predicted octanol–water partition coefficient (Wildman–Crippen LogP) is 9.66. The van der Waals surface area contributed by atoms with Crippen LogP contribution in [-0.4, -0.2) is 129 Å². The average molecular weight is 1180 g/mol. The van der Waals surface area contributed by atoms with E-state index in [0.717, 1.165) is 46.6 Å². The number of aliphatic hydroxyl groups is 2. The number of methoxy groups -OCH3 is 1. The lowest BCUT2D eigenvalue weighted by Gasteiger charge is -2.30. The normalized spacial score (nSPS) is 18.7. The van der Waals surface area contributed by atoms with E-state index in [1.807, 2.05) is 80.3 Å². The van der Waals surface area contributed by atoms with E-state index in [-0.39, 0.29) is 98.9 Å². The first-order valence-electron chi connectivity index (χ1n) is 27.8. The Kier molecular flexibility index (Phi) is 16.4. The zero-order chi connectivity index (χ0) is 60.0. The molecular weight excluding hydrogens is 1120 g/mol. The van der Waals surface area contributed by atoms with Gasteiger partial charge < -0.3 is 44.9 Å². The van der Waals surface area contributed by atoms with Gasteiger partial charge in [0.2, 0.25) is 11.8 Å². The number of rotatable bonds is 19. The van der Waals surface area contributed by atoms with Crippen molar-refractivity contribution in [2.45, 2.75) is 95.7 Å². The van der Waals surface area contributed by atoms with Gasteiger partial charge in [-0.2, -0.15) is 28.4 Å². The van der Waals surface area contributed by atoms with E-state index in [4.69, 9.17) is 24.2 Å². The number of nitrogens with zero attached hydrogens (tertiary/aromatic N) is 9. The molecule has 0 spiro atoms. The minimum Gasteiger partial charge on any atom is -0.486 e. The van der Waals surface area contributed by atoms with E-state index in [1.54, 1.807) is 37.4 Å². The van der Waals surface area contributed by atoms with Crippen LogP contribution in [-0.2, 0) is 27.1 Å². The van der Waals surface area contributed by atoms with E-state index in [9.17, 15) is 25.1 Å². The van der Waals surface area contributed by atoms with Crippen LogP contribution >= 0.6 is 11.3 Å². The molecule has 4 N–H and O–H groups in total. The fourth-order valence-corrected chi connectivity index (χ4v) is 12.7. The minimum absolute atomic E-state index is 0.00446. The van der Waals surface area contributed by atoms with Gasteiger partial charge >= 0.3 is 12.2 Å². The van der Waals surface area contributed by atoms with Crippen molar-refractivity contribution < 1.29 is 51.6 Å². The van der Waals surface area contributed by atoms with Gasteiger partial charge in [0.15, 0.2) is 5.75 Å². The van der Waals surface area contributed by atoms with Gasteiger partial charge in [0, 0.05) is 67.1 Å². The van der Waals surface area contributed by atoms with Crippen molar-refractivity contribution >= 4 is 61.7 Å². The molecular formula is C62H61F4N11O7S. The Morgan fingerprint density at radius 1 is 0.988 bits per heavy atom. The van der Waals surface area contributed by atoms with E-state index in [1.165, 1.54) is 22.8 Å². The number of ether oxygens (including phenoxy) is 3. The summed E-state index contributed by atoms with van der Waals surface area (Å²) < 4.78 is 83.2. The summed E-state index contributed by atoms with van der Waals surface area (Å²) in [5, 5.41) is 46.9. The maximum Gasteiger partial charge on any atom is 0.417 e. The number of nitriles is 1. The molecule has 0 aliphatic carbocycles. The molecule has 11 rings (SSSR count). The molecule has 85 heavy (non-hydrogen) atoms. The van der Waals surface area contributed by atoms with Crippen molar-refractivity contribution in [1.82, 2.24) is 40.5 Å². The predicted molar refractivity (Wildman–Crippen MR) is 313 cm³/mol. The van der Waals surface area contributed by atoms with Gasteiger partial charge in [0.1, 0.15) is 59.2 Å². The molecule has 3 aliphatic rings. The van der Waals surface area contributed by atoms with E-state index >= 15 is 17.6 Å². The van der Waals surface area contributed by atoms with Crippen molar-refractivity contribution in [2.75, 3.05) is 44.9 Å². The first kappa shape index (κ1) is 58.4. The summed E-state index contributed by atoms with van der Waals surface area (Å²) in [6, 6.07) is 24.6. The number of anilines is 1. The number of nitrogens with one attached hydrogen (secondary N) is 2. The number of aromatic nitrogens is 5. The maximum atomic E-state index is 16.0. The average Bonchev–Trinajstić information content (AvgIpc) is 2.53. The highest BCUT2D eigenvalue weighted by Crippen LogP contribution is 2.53. The van der Waals surface area contributed by atoms with Crippen LogP contribution in [0.25, 0.3) is 54.5 Å². The lowest BCUT2D eigenvalue weighted by molar-refractivity contribution is -0.142. The number of aliphatic imine (C=N–C) groups is 1. The number of amides is 2. The fourth-order valence-electron chi connectivity index (χ4n) is 11.7. The molecule has 7 atom stereocenters. The van der Waals surface area contributed by atoms with Crippen molar-refractivity contribution in [3.8, 4) is 51.3 Å². The SMILES string of the molecule is C=Nc1sc2c(F)ccc(-c3c(C(F)(F)F)cc4c(N5C[C@@H]6C[C@H]5CN6)nc(OC[C@H](C)OC)nc4c3OCc3ccc(-c4cn([C@H](C(=O)N5C[C@H](O)C[C@H]5C(=O)N[C@@H](CO)c5ccc(-c6ccccc6C)cc5)C(C)C)nn4)cc3)c2c1C#N. The Hall–Kier alpha value is -8.40. The zero-order valence-electron chi connectivity index (χ0n) is 47.1. The number of carbonyl (C=O) groups excluding carboxylic acids is 2. The first-order chi connectivity index (χ1) is 40.9. The number of hydrogen-bond donors (Lipinski definition) is 4. The van der Waals surface area contributed by atoms with Gasteiger partial charge in [-0.3, -0.25) is 14.6 Å². The van der Waals surface area contributed by atoms with Gasteiger partial charge in [-0.05, 0) is 78.4 Å². The number of aryl methyl sites for hydroxylation is 1. The molecule has 3 saturated heterocycles. The Morgan fingerprint density at radius 3 is 2.40 bits per heavy atom. The fraction of sp³-hybridized carbons (Fsp3) is 0.355. The Labute approximate surface area is 490 Å². The van der Waals surface area contributed by atoms with Gasteiger partial charge in [-0.1, -0.05) is 97.9 Å². The van der Waals surface area contributed by atoms with E-state index in [2.05, 4.69) is 32.7 Å². The monoisotopic (exact) mass is 1180 g/mol. The molecule has 3 fully saturated rings. The van der Waals surface area contributed by atoms with Gasteiger partial charge in [0.05, 0.1) is 46.9 Å². The zero-order valence-corrected chi connectivity index (χ0v) is 47.9. The highest BCUT2D eigenvalue weighted by molar-refractivity contribution is 7.23. The Balaban J connectivity index is 0.897. The third kappa shape index (κ3) is 11.4. The number of piperazine rings is 1. The van der Waals surface area contributed by atoms with Crippen molar-refractivity contribution in [3.63, 3.8) is 0 Å². The van der Waals surface area contributed by atoms with E-state index < -0.39 is 71.9 Å². The summed E-state index contributed by atoms with van der Waals surface area (Å²) in [5.41, 5.74) is 3.27. The van der Waals surface area contributed by atoms with Crippen LogP contribution < -0.4 is 25.0 Å². The lowest BCUT2D eigenvalue weighted by atomic mass is 9.92. The van der Waals surface area contributed by atoms with Crippen LogP contribution in [0.3, 0.4) is 0 Å². The van der Waals surface area contributed by atoms with Crippen LogP contribution in [0, 0.1) is 30.0 Å². The summed E-state index contributed by atoms with van der Waals surface area (Å²) >= 11 is 0.791. The molecule has 0 saturated carbocycles. The van der Waals surface area contributed by atoms with Crippen molar-refractivity contribution in [1.29, 1.82) is 5.26 Å². The summed E-state index contributed by atoms with van der Waals surface area (Å²) in [6.07, 6.45) is -4.12. The van der Waals surface area contributed by atoms with E-state index in [0.29, 0.717) is 35.5 Å². The molecule has 23 heteroatoms. The topological polar surface area (TPSA) is 225 Å². The van der Waals surface area contributed by atoms with Crippen molar-refractivity contribution in [3.05, 3.63) is 131 Å². The van der Waals surface area contributed by atoms with Gasteiger partial charge in [-0.25, -0.2) is 9.07 Å². The molecule has 18 nitrogen and oxygen atoms in total. The summed E-state index contributed by atoms with van der Waals surface area (Å²) in [5.74, 6) is -2.25. The number of carbonyl (C=O) groups is 2. The largest absolute Gasteiger partial charge is 0.486 e. The maximum absolute atomic E-state index is 16.0. The second-order valence-electron chi connectivity index (χ2n) is 22.0. The van der Waals surface area contributed by atoms with Crippen LogP contribution in [0.5, 0.6) is 11.8 Å². The number of halogens is 4. The number of β-amino-alcohol motifs (C(OH)–C–C–N with tert-alkyl or cyclic N) is 1. The molecule has 8 aromatic rings. The van der Waals surface area contributed by atoms with Crippen LogP contribution in [0.15, 0.2) is 102 Å². The number of aliphatic hydroxyl groups excluding tert-OH is 2. The second-order valence-corrected chi connectivity index (χ2v) is 23.0. The highest BCUT2D eigenvalue weighted by Gasteiger charge is 2.45. The number of benzene rings is 5. The summed E-state index contributed by atoms with van der Waals surface area (Å²) in [7, 11) is 1.51. The highest BCUT2D eigenvalue weighted by atomic mass is 32.1. The number of likely N-dealkylation sites (tertiary alicyclic amines) is 1. The van der Waals surface area contributed by atoms with Crippen LogP contribution in [0.4, 0.5) is 28.4 Å². The molecule has 2 bridgehead atoms. The molecule has 3 aromatic heterocycles. The van der Waals surface area contributed by atoms with Crippen LogP contribution in [0.2, 0.25) is 0 Å². The quantitative estimate of drug-likeness (QED) is 0.0437. The van der Waals surface area contributed by atoms with Gasteiger partial charge in [0.25, 0.3) is 0 Å². The van der Waals surface area contributed by atoms with Crippen LogP contribution in [0.1, 0.15) is 73.5 Å². The van der Waals surface area contributed by atoms with Gasteiger partial charge in [-0.15, -0.1) is 16.4 Å². The van der Waals surface area contributed by atoms with Crippen molar-refractivity contribution in [2.24, 2.45) is 10.9 Å². The first-order valence-corrected chi connectivity index (χ1v) is 28.6. The second kappa shape index (κ2) is 23.9. The summed E-state index contributed by atoms with van der Waals surface area (Å²) in [6.45, 7) is 11.2. The lowest BCUT2D eigenvalue weighted by Crippen LogP contribution is -2.50. The number of thiophene rings is 1. The minimum atomic E-state index is -5.04. The number of alkyl halides is 3. The molecule has 440 valence electrons. The number of hydrogen-bond acceptors (Lipinski definition) is 16. The Morgan fingerprint density at radius 2 is 1.74 bits per heavy atom. The standard InChI is InChI=1S/C62H61F4N11O7S/c1-32(2)54(60(81)76-27-41(79)22-50(76)58(80)70-49(29-78)38-17-15-36(16-18-38)42-10-8-7-9-33(42)3)77-28-48(73-74-77)37-13-11-35(12-14-37)31-83-55-52(43-19-20-47(63)56-51(43)45(24-67)59(68-5)85-56)46(62(64,65)66)23-44-53(55)71-61(84-30-34(4)82-6)72-57(44)75-26-39-21-40(75)25-69-39/h7-20,23,28,32,34,39-41,49-50,54,69,78-79H,5,21-22,25-27,29-31H2,1-4,6H3,(H,70,80)/t34-,39-,40-,41+,49-,50-,54-/m0/s1. The molecule has 6 heterocycles. The molecule has 5 aromatic carbocycles. The molecule has 0 radical (unpaired) electrons. The molecule has 2 amide bonds. The molecule has 3 aliphatic heterocycles. The smallest absolute Gasteiger partial charge is 0.417 e. The third-order valence-electron chi connectivity index (χ3n) is 16.1. The third-order valence-corrected chi connectivity index (χ3v) is 17.3. The Bertz CT molecular complexity index is 3890. The molecule has 0 unspecified atom stereocenters. The number of fused-ring (bicyclic) bond motifs is 4.